The van der Waals surface area contributed by atoms with Crippen molar-refractivity contribution in [1.82, 2.24) is 15.0 Å². The highest BCUT2D eigenvalue weighted by molar-refractivity contribution is 7.21. The fourth-order valence-corrected chi connectivity index (χ4v) is 3.74. The van der Waals surface area contributed by atoms with E-state index in [1.807, 2.05) is 24.3 Å². The van der Waals surface area contributed by atoms with Crippen LogP contribution in [0.3, 0.4) is 0 Å². The Bertz CT molecular complexity index is 1080. The number of fused-ring (bicyclic) bond motifs is 1. The van der Waals surface area contributed by atoms with Crippen molar-refractivity contribution in [3.05, 3.63) is 66.1 Å². The van der Waals surface area contributed by atoms with Crippen molar-refractivity contribution >= 4 is 38.8 Å². The average Bonchev–Trinajstić information content (AvgIpc) is 3.04. The number of pyridine rings is 3. The van der Waals surface area contributed by atoms with Crippen LogP contribution in [0.5, 0.6) is 0 Å². The van der Waals surface area contributed by atoms with Gasteiger partial charge >= 0.3 is 0 Å². The lowest BCUT2D eigenvalue weighted by atomic mass is 10.1. The van der Waals surface area contributed by atoms with Gasteiger partial charge in [0.05, 0.1) is 11.4 Å². The molecule has 4 aromatic rings. The fraction of sp³-hybridized carbons (Fsp3) is 0.0526. The Morgan fingerprint density at radius 2 is 1.88 bits per heavy atom. The van der Waals surface area contributed by atoms with Gasteiger partial charge in [-0.2, -0.15) is 0 Å². The molecule has 128 valence electrons. The van der Waals surface area contributed by atoms with Crippen LogP contribution >= 0.6 is 11.3 Å². The molecule has 0 aliphatic carbocycles. The van der Waals surface area contributed by atoms with Crippen LogP contribution in [0.15, 0.2) is 61.2 Å². The van der Waals surface area contributed by atoms with Gasteiger partial charge in [0.25, 0.3) is 5.91 Å². The molecule has 0 saturated heterocycles. The number of hydrogen-bond donors (Lipinski definition) is 1. The van der Waals surface area contributed by atoms with Gasteiger partial charge in [0.2, 0.25) is 0 Å². The predicted molar refractivity (Wildman–Crippen MR) is 104 cm³/mol. The maximum Gasteiger partial charge on any atom is 0.270 e. The molecule has 0 atom stereocenters. The summed E-state index contributed by atoms with van der Waals surface area (Å²) in [5.74, 6) is -0.167. The summed E-state index contributed by atoms with van der Waals surface area (Å²) in [6, 6.07) is 11.2. The lowest BCUT2D eigenvalue weighted by Gasteiger charge is -2.16. The minimum Gasteiger partial charge on any atom is -0.397 e. The zero-order valence-corrected chi connectivity index (χ0v) is 14.8. The quantitative estimate of drug-likeness (QED) is 0.602. The SMILES string of the molecule is CN(C(=O)c1sc2nc(-c3cccnc3)ccc2c1N)c1ccncc1. The summed E-state index contributed by atoms with van der Waals surface area (Å²) in [6.07, 6.45) is 6.77. The Morgan fingerprint density at radius 1 is 1.08 bits per heavy atom. The molecule has 6 nitrogen and oxygen atoms in total. The highest BCUT2D eigenvalue weighted by Gasteiger charge is 2.21. The number of carbonyl (C=O) groups excluding carboxylic acids is 1. The summed E-state index contributed by atoms with van der Waals surface area (Å²) in [4.78, 5) is 28.4. The van der Waals surface area contributed by atoms with Gasteiger partial charge in [-0.05, 0) is 36.4 Å². The largest absolute Gasteiger partial charge is 0.397 e. The molecule has 2 N–H and O–H groups in total. The van der Waals surface area contributed by atoms with E-state index in [1.54, 1.807) is 48.9 Å². The van der Waals surface area contributed by atoms with Crippen molar-refractivity contribution in [1.29, 1.82) is 0 Å². The third-order valence-electron chi connectivity index (χ3n) is 4.10. The number of nitrogen functional groups attached to an aromatic ring is 1. The second-order valence-electron chi connectivity index (χ2n) is 5.71. The number of amides is 1. The summed E-state index contributed by atoms with van der Waals surface area (Å²) in [7, 11) is 1.72. The van der Waals surface area contributed by atoms with E-state index in [2.05, 4.69) is 15.0 Å². The maximum atomic E-state index is 12.9. The molecule has 0 bridgehead atoms. The van der Waals surface area contributed by atoms with E-state index in [-0.39, 0.29) is 5.91 Å². The topological polar surface area (TPSA) is 85.0 Å². The van der Waals surface area contributed by atoms with E-state index in [0.29, 0.717) is 10.6 Å². The van der Waals surface area contributed by atoms with Crippen LogP contribution in [0.2, 0.25) is 0 Å². The molecule has 4 aromatic heterocycles. The first kappa shape index (κ1) is 16.2. The van der Waals surface area contributed by atoms with Gasteiger partial charge in [-0.25, -0.2) is 4.98 Å². The number of carbonyl (C=O) groups is 1. The minimum atomic E-state index is -0.167. The number of thiophene rings is 1. The molecule has 0 aromatic carbocycles. The van der Waals surface area contributed by atoms with E-state index in [4.69, 9.17) is 5.73 Å². The molecule has 0 aliphatic heterocycles. The van der Waals surface area contributed by atoms with E-state index >= 15 is 0 Å². The molecule has 0 radical (unpaired) electrons. The summed E-state index contributed by atoms with van der Waals surface area (Å²) in [5.41, 5.74) is 9.18. The zero-order chi connectivity index (χ0) is 18.1. The standard InChI is InChI=1S/C19H15N5OS/c1-24(13-6-9-21-10-7-13)19(25)17-16(20)14-4-5-15(23-18(14)26-17)12-3-2-8-22-11-12/h2-11H,20H2,1H3. The molecule has 1 amide bonds. The second kappa shape index (κ2) is 6.53. The van der Waals surface area contributed by atoms with Crippen LogP contribution in [0, 0.1) is 0 Å². The molecule has 7 heteroatoms. The highest BCUT2D eigenvalue weighted by Crippen LogP contribution is 2.35. The van der Waals surface area contributed by atoms with Gasteiger partial charge in [0.1, 0.15) is 9.71 Å². The van der Waals surface area contributed by atoms with Crippen LogP contribution in [0.4, 0.5) is 11.4 Å². The summed E-state index contributed by atoms with van der Waals surface area (Å²) in [5, 5.41) is 0.786. The highest BCUT2D eigenvalue weighted by atomic mass is 32.1. The summed E-state index contributed by atoms with van der Waals surface area (Å²) >= 11 is 1.30. The van der Waals surface area contributed by atoms with Crippen molar-refractivity contribution in [3.63, 3.8) is 0 Å². The zero-order valence-electron chi connectivity index (χ0n) is 14.0. The van der Waals surface area contributed by atoms with Gasteiger partial charge in [-0.3, -0.25) is 14.8 Å². The average molecular weight is 361 g/mol. The van der Waals surface area contributed by atoms with Gasteiger partial charge < -0.3 is 10.6 Å². The number of hydrogen-bond acceptors (Lipinski definition) is 6. The lowest BCUT2D eigenvalue weighted by molar-refractivity contribution is 0.0997. The van der Waals surface area contributed by atoms with E-state index in [0.717, 1.165) is 27.2 Å². The smallest absolute Gasteiger partial charge is 0.270 e. The monoisotopic (exact) mass is 361 g/mol. The number of anilines is 2. The molecule has 4 heterocycles. The van der Waals surface area contributed by atoms with Crippen LogP contribution in [0.25, 0.3) is 21.5 Å². The maximum absolute atomic E-state index is 12.9. The summed E-state index contributed by atoms with van der Waals surface area (Å²) < 4.78 is 0. The van der Waals surface area contributed by atoms with Crippen molar-refractivity contribution in [2.24, 2.45) is 0 Å². The van der Waals surface area contributed by atoms with Crippen molar-refractivity contribution in [2.75, 3.05) is 17.7 Å². The van der Waals surface area contributed by atoms with E-state index in [1.165, 1.54) is 11.3 Å². The van der Waals surface area contributed by atoms with Crippen LogP contribution in [0.1, 0.15) is 9.67 Å². The molecular weight excluding hydrogens is 346 g/mol. The summed E-state index contributed by atoms with van der Waals surface area (Å²) in [6.45, 7) is 0. The number of aromatic nitrogens is 3. The third-order valence-corrected chi connectivity index (χ3v) is 5.20. The number of nitrogens with zero attached hydrogens (tertiary/aromatic N) is 4. The van der Waals surface area contributed by atoms with Gasteiger partial charge in [-0.1, -0.05) is 0 Å². The molecule has 0 spiro atoms. The Morgan fingerprint density at radius 3 is 2.62 bits per heavy atom. The third kappa shape index (κ3) is 2.78. The van der Waals surface area contributed by atoms with Crippen LogP contribution < -0.4 is 10.6 Å². The number of nitrogens with two attached hydrogens (primary N) is 1. The van der Waals surface area contributed by atoms with Crippen molar-refractivity contribution in [2.45, 2.75) is 0 Å². The molecule has 0 saturated carbocycles. The van der Waals surface area contributed by atoms with Crippen molar-refractivity contribution in [3.8, 4) is 11.3 Å². The Balaban J connectivity index is 1.74. The minimum absolute atomic E-state index is 0.167. The van der Waals surface area contributed by atoms with Crippen molar-refractivity contribution < 1.29 is 4.79 Å². The first-order chi connectivity index (χ1) is 12.6. The number of rotatable bonds is 3. The first-order valence-electron chi connectivity index (χ1n) is 7.92. The lowest BCUT2D eigenvalue weighted by Crippen LogP contribution is -2.26. The molecular formula is C19H15N5OS. The first-order valence-corrected chi connectivity index (χ1v) is 8.74. The van der Waals surface area contributed by atoms with Crippen LogP contribution in [-0.2, 0) is 0 Å². The Labute approximate surface area is 154 Å². The fourth-order valence-electron chi connectivity index (χ4n) is 2.67. The normalized spacial score (nSPS) is 10.8. The second-order valence-corrected chi connectivity index (χ2v) is 6.70. The molecule has 0 unspecified atom stereocenters. The molecule has 26 heavy (non-hydrogen) atoms. The van der Waals surface area contributed by atoms with Gasteiger partial charge in [0, 0.05) is 48.5 Å². The predicted octanol–water partition coefficient (Wildman–Crippen LogP) is 3.61. The molecule has 0 fully saturated rings. The molecule has 4 rings (SSSR count). The van der Waals surface area contributed by atoms with Gasteiger partial charge in [0.15, 0.2) is 0 Å². The Kier molecular flexibility index (Phi) is 4.06. The van der Waals surface area contributed by atoms with Gasteiger partial charge in [-0.15, -0.1) is 11.3 Å². The Hall–Kier alpha value is -3.32. The molecule has 0 aliphatic rings. The van der Waals surface area contributed by atoms with Crippen LogP contribution in [-0.4, -0.2) is 27.9 Å². The van der Waals surface area contributed by atoms with E-state index < -0.39 is 0 Å². The van der Waals surface area contributed by atoms with E-state index in [9.17, 15) is 4.79 Å².